The van der Waals surface area contributed by atoms with Crippen LogP contribution >= 0.6 is 0 Å². The predicted molar refractivity (Wildman–Crippen MR) is 94.0 cm³/mol. The third kappa shape index (κ3) is 3.74. The number of hydrogen-bond donors (Lipinski definition) is 1. The van der Waals surface area contributed by atoms with Gasteiger partial charge in [0.2, 0.25) is 5.91 Å². The number of carbonyl (C=O) groups is 3. The summed E-state index contributed by atoms with van der Waals surface area (Å²) in [6.07, 6.45) is 3.52. The first-order valence-corrected chi connectivity index (χ1v) is 8.32. The van der Waals surface area contributed by atoms with E-state index in [1.807, 2.05) is 36.5 Å². The number of likely N-dealkylation sites (N-methyl/N-ethyl adjacent to an activating group) is 2. The normalized spacial score (nSPS) is 17.1. The van der Waals surface area contributed by atoms with Crippen LogP contribution in [0.5, 0.6) is 0 Å². The number of aromatic nitrogens is 2. The topological polar surface area (TPSA) is 87.5 Å². The van der Waals surface area contributed by atoms with Gasteiger partial charge in [0, 0.05) is 32.4 Å². The average molecular weight is 355 g/mol. The van der Waals surface area contributed by atoms with Crippen molar-refractivity contribution in [3.8, 4) is 0 Å². The smallest absolute Gasteiger partial charge is 0.326 e. The van der Waals surface area contributed by atoms with Crippen molar-refractivity contribution in [1.29, 1.82) is 0 Å². The Morgan fingerprint density at radius 2 is 1.88 bits per heavy atom. The second-order valence-corrected chi connectivity index (χ2v) is 6.32. The highest BCUT2D eigenvalue weighted by Gasteiger charge is 2.41. The Bertz CT molecular complexity index is 817. The van der Waals surface area contributed by atoms with Crippen LogP contribution in [0.15, 0.2) is 42.7 Å². The fourth-order valence-corrected chi connectivity index (χ4v) is 2.88. The standard InChI is InChI=1S/C18H21N5O3/c1-21-15(17(25)22(2)18(21)26)8-16(24)19-9-14-10-20-23(12-14)11-13-6-4-3-5-7-13/h3-7,10,12,15H,8-9,11H2,1-2H3,(H,19,24). The van der Waals surface area contributed by atoms with Crippen LogP contribution in [0.25, 0.3) is 0 Å². The molecule has 0 aliphatic carbocycles. The van der Waals surface area contributed by atoms with Gasteiger partial charge in [-0.05, 0) is 5.56 Å². The Morgan fingerprint density at radius 1 is 1.15 bits per heavy atom. The van der Waals surface area contributed by atoms with Gasteiger partial charge in [0.1, 0.15) is 6.04 Å². The number of urea groups is 1. The predicted octanol–water partition coefficient (Wildman–Crippen LogP) is 0.830. The number of amides is 4. The van der Waals surface area contributed by atoms with Crippen molar-refractivity contribution in [3.63, 3.8) is 0 Å². The molecule has 8 nitrogen and oxygen atoms in total. The van der Waals surface area contributed by atoms with Gasteiger partial charge in [-0.1, -0.05) is 30.3 Å². The Morgan fingerprint density at radius 3 is 2.54 bits per heavy atom. The zero-order valence-electron chi connectivity index (χ0n) is 14.8. The van der Waals surface area contributed by atoms with Crippen LogP contribution in [-0.2, 0) is 22.7 Å². The van der Waals surface area contributed by atoms with E-state index in [1.165, 1.54) is 19.0 Å². The van der Waals surface area contributed by atoms with Crippen molar-refractivity contribution in [2.45, 2.75) is 25.6 Å². The van der Waals surface area contributed by atoms with Crippen LogP contribution in [-0.4, -0.2) is 57.6 Å². The second-order valence-electron chi connectivity index (χ2n) is 6.32. The van der Waals surface area contributed by atoms with Crippen molar-refractivity contribution in [3.05, 3.63) is 53.9 Å². The summed E-state index contributed by atoms with van der Waals surface area (Å²) in [5.74, 6) is -0.641. The van der Waals surface area contributed by atoms with E-state index in [0.29, 0.717) is 13.1 Å². The van der Waals surface area contributed by atoms with Crippen molar-refractivity contribution in [1.82, 2.24) is 24.9 Å². The molecule has 0 saturated carbocycles. The highest BCUT2D eigenvalue weighted by atomic mass is 16.2. The molecule has 1 aliphatic heterocycles. The molecule has 4 amide bonds. The number of nitrogens with zero attached hydrogens (tertiary/aromatic N) is 4. The average Bonchev–Trinajstić information content (AvgIpc) is 3.16. The fourth-order valence-electron chi connectivity index (χ4n) is 2.88. The number of benzene rings is 1. The number of rotatable bonds is 6. The third-order valence-electron chi connectivity index (χ3n) is 4.41. The molecule has 2 aromatic rings. The van der Waals surface area contributed by atoms with Crippen LogP contribution in [0.4, 0.5) is 4.79 Å². The highest BCUT2D eigenvalue weighted by Crippen LogP contribution is 2.16. The Balaban J connectivity index is 1.51. The monoisotopic (exact) mass is 355 g/mol. The number of carbonyl (C=O) groups excluding carboxylic acids is 3. The van der Waals surface area contributed by atoms with Gasteiger partial charge in [-0.25, -0.2) is 4.79 Å². The molecular formula is C18H21N5O3. The first-order chi connectivity index (χ1) is 12.5. The lowest BCUT2D eigenvalue weighted by Crippen LogP contribution is -2.37. The van der Waals surface area contributed by atoms with Gasteiger partial charge in [-0.3, -0.25) is 19.2 Å². The molecule has 1 aromatic heterocycles. The number of nitrogens with one attached hydrogen (secondary N) is 1. The molecule has 1 N–H and O–H groups in total. The summed E-state index contributed by atoms with van der Waals surface area (Å²) < 4.78 is 1.80. The highest BCUT2D eigenvalue weighted by molar-refractivity contribution is 6.05. The summed E-state index contributed by atoms with van der Waals surface area (Å²) in [7, 11) is 2.94. The van der Waals surface area contributed by atoms with Crippen molar-refractivity contribution >= 4 is 17.8 Å². The molecule has 1 aromatic carbocycles. The quantitative estimate of drug-likeness (QED) is 0.778. The lowest BCUT2D eigenvalue weighted by Gasteiger charge is -2.15. The molecule has 1 saturated heterocycles. The first-order valence-electron chi connectivity index (χ1n) is 8.32. The molecule has 8 heteroatoms. The molecule has 2 heterocycles. The second kappa shape index (κ2) is 7.38. The molecule has 1 unspecified atom stereocenters. The lowest BCUT2D eigenvalue weighted by molar-refractivity contribution is -0.131. The van der Waals surface area contributed by atoms with E-state index in [-0.39, 0.29) is 18.2 Å². The zero-order chi connectivity index (χ0) is 18.7. The molecule has 0 spiro atoms. The van der Waals surface area contributed by atoms with Crippen molar-refractivity contribution < 1.29 is 14.4 Å². The molecular weight excluding hydrogens is 334 g/mol. The van der Waals surface area contributed by atoms with E-state index in [9.17, 15) is 14.4 Å². The van der Waals surface area contributed by atoms with E-state index in [1.54, 1.807) is 10.9 Å². The zero-order valence-corrected chi connectivity index (χ0v) is 14.8. The number of hydrogen-bond acceptors (Lipinski definition) is 4. The molecule has 1 fully saturated rings. The number of imide groups is 1. The summed E-state index contributed by atoms with van der Waals surface area (Å²) in [6.45, 7) is 0.979. The molecule has 136 valence electrons. The van der Waals surface area contributed by atoms with Crippen LogP contribution < -0.4 is 5.32 Å². The first kappa shape index (κ1) is 17.7. The summed E-state index contributed by atoms with van der Waals surface area (Å²) >= 11 is 0. The van der Waals surface area contributed by atoms with Gasteiger partial charge >= 0.3 is 6.03 Å². The minimum absolute atomic E-state index is 0.0520. The molecule has 26 heavy (non-hydrogen) atoms. The SMILES string of the molecule is CN1C(=O)C(CC(=O)NCc2cnn(Cc3ccccc3)c2)N(C)C1=O. The molecule has 3 rings (SSSR count). The summed E-state index contributed by atoms with van der Waals surface area (Å²) in [5, 5.41) is 7.06. The molecule has 1 atom stereocenters. The van der Waals surface area contributed by atoms with Crippen molar-refractivity contribution in [2.75, 3.05) is 14.1 Å². The van der Waals surface area contributed by atoms with Crippen molar-refractivity contribution in [2.24, 2.45) is 0 Å². The molecule has 0 bridgehead atoms. The molecule has 1 aliphatic rings. The van der Waals surface area contributed by atoms with Gasteiger partial charge < -0.3 is 10.2 Å². The van der Waals surface area contributed by atoms with Gasteiger partial charge in [0.15, 0.2) is 0 Å². The van der Waals surface area contributed by atoms with E-state index in [4.69, 9.17) is 0 Å². The van der Waals surface area contributed by atoms with Crippen LogP contribution in [0, 0.1) is 0 Å². The Kier molecular flexibility index (Phi) is 5.01. The summed E-state index contributed by atoms with van der Waals surface area (Å²) in [4.78, 5) is 38.2. The van der Waals surface area contributed by atoms with Crippen LogP contribution in [0.3, 0.4) is 0 Å². The van der Waals surface area contributed by atoms with Gasteiger partial charge in [0.25, 0.3) is 5.91 Å². The third-order valence-corrected chi connectivity index (χ3v) is 4.41. The fraction of sp³-hybridized carbons (Fsp3) is 0.333. The Hall–Kier alpha value is -3.16. The maximum absolute atomic E-state index is 12.1. The maximum atomic E-state index is 12.1. The lowest BCUT2D eigenvalue weighted by atomic mass is 10.2. The minimum atomic E-state index is -0.742. The van der Waals surface area contributed by atoms with Gasteiger partial charge in [-0.2, -0.15) is 5.10 Å². The van der Waals surface area contributed by atoms with Gasteiger partial charge in [0.05, 0.1) is 19.2 Å². The summed E-state index contributed by atoms with van der Waals surface area (Å²) in [5.41, 5.74) is 2.01. The van der Waals surface area contributed by atoms with Gasteiger partial charge in [-0.15, -0.1) is 0 Å². The van der Waals surface area contributed by atoms with Crippen LogP contribution in [0.2, 0.25) is 0 Å². The maximum Gasteiger partial charge on any atom is 0.326 e. The largest absolute Gasteiger partial charge is 0.352 e. The van der Waals surface area contributed by atoms with E-state index in [0.717, 1.165) is 16.0 Å². The minimum Gasteiger partial charge on any atom is -0.352 e. The Labute approximate surface area is 151 Å². The van der Waals surface area contributed by atoms with E-state index >= 15 is 0 Å². The molecule has 0 radical (unpaired) electrons. The van der Waals surface area contributed by atoms with E-state index < -0.39 is 12.1 Å². The van der Waals surface area contributed by atoms with Crippen LogP contribution in [0.1, 0.15) is 17.5 Å². The van der Waals surface area contributed by atoms with E-state index in [2.05, 4.69) is 10.4 Å². The summed E-state index contributed by atoms with van der Waals surface area (Å²) in [6, 6.07) is 8.83.